The number of benzene rings is 1. The Morgan fingerprint density at radius 3 is 2.87 bits per heavy atom. The Labute approximate surface area is 89.4 Å². The lowest BCUT2D eigenvalue weighted by molar-refractivity contribution is -0.114. The minimum absolute atomic E-state index is 0.0725. The Hall–Kier alpha value is -1.51. The normalized spacial score (nSPS) is 16.7. The second kappa shape index (κ2) is 3.26. The summed E-state index contributed by atoms with van der Waals surface area (Å²) in [6.07, 6.45) is 0.885. The fraction of sp³-hybridized carbons (Fsp3) is 0.417. The second-order valence-electron chi connectivity index (χ2n) is 4.51. The van der Waals surface area contributed by atoms with Crippen LogP contribution >= 0.6 is 0 Å². The smallest absolute Gasteiger partial charge is 0.221 e. The van der Waals surface area contributed by atoms with Crippen LogP contribution in [0.15, 0.2) is 18.2 Å². The van der Waals surface area contributed by atoms with E-state index in [4.69, 9.17) is 4.74 Å². The first-order chi connectivity index (χ1) is 6.98. The molecule has 1 amide bonds. The van der Waals surface area contributed by atoms with Gasteiger partial charge in [0, 0.05) is 18.9 Å². The molecule has 1 aliphatic heterocycles. The molecule has 1 aromatic carbocycles. The van der Waals surface area contributed by atoms with E-state index < -0.39 is 0 Å². The van der Waals surface area contributed by atoms with Crippen molar-refractivity contribution in [3.05, 3.63) is 23.8 Å². The maximum Gasteiger partial charge on any atom is 0.221 e. The molecular weight excluding hydrogens is 190 g/mol. The van der Waals surface area contributed by atoms with E-state index in [0.717, 1.165) is 23.4 Å². The van der Waals surface area contributed by atoms with Gasteiger partial charge in [0.1, 0.15) is 11.4 Å². The van der Waals surface area contributed by atoms with Gasteiger partial charge in [0.25, 0.3) is 0 Å². The first-order valence-corrected chi connectivity index (χ1v) is 5.06. The van der Waals surface area contributed by atoms with Crippen LogP contribution in [0.3, 0.4) is 0 Å². The topological polar surface area (TPSA) is 38.3 Å². The summed E-state index contributed by atoms with van der Waals surface area (Å²) in [5.41, 5.74) is 1.76. The van der Waals surface area contributed by atoms with E-state index in [1.807, 2.05) is 32.0 Å². The Balaban J connectivity index is 2.37. The number of hydrogen-bond donors (Lipinski definition) is 1. The van der Waals surface area contributed by atoms with Crippen LogP contribution in [0.4, 0.5) is 5.69 Å². The number of amides is 1. The number of ether oxygens (including phenoxy) is 1. The van der Waals surface area contributed by atoms with Crippen molar-refractivity contribution in [3.8, 4) is 5.75 Å². The number of fused-ring (bicyclic) bond motifs is 1. The van der Waals surface area contributed by atoms with Gasteiger partial charge in [0.2, 0.25) is 5.91 Å². The minimum Gasteiger partial charge on any atom is -0.485 e. The highest BCUT2D eigenvalue weighted by atomic mass is 16.5. The number of carbonyl (C=O) groups is 1. The molecule has 15 heavy (non-hydrogen) atoms. The Morgan fingerprint density at radius 1 is 1.47 bits per heavy atom. The van der Waals surface area contributed by atoms with E-state index in [0.29, 0.717) is 0 Å². The zero-order chi connectivity index (χ0) is 11.1. The summed E-state index contributed by atoms with van der Waals surface area (Å²) in [6.45, 7) is 5.59. The molecule has 0 saturated heterocycles. The third-order valence-electron chi connectivity index (χ3n) is 2.40. The largest absolute Gasteiger partial charge is 0.485 e. The summed E-state index contributed by atoms with van der Waals surface area (Å²) in [7, 11) is 0. The van der Waals surface area contributed by atoms with Gasteiger partial charge in [0.15, 0.2) is 0 Å². The maximum atomic E-state index is 11.0. The van der Waals surface area contributed by atoms with E-state index in [2.05, 4.69) is 5.32 Å². The van der Waals surface area contributed by atoms with Crippen molar-refractivity contribution < 1.29 is 9.53 Å². The van der Waals surface area contributed by atoms with Gasteiger partial charge in [-0.2, -0.15) is 0 Å². The Kier molecular flexibility index (Phi) is 2.18. The zero-order valence-electron chi connectivity index (χ0n) is 9.26. The highest BCUT2D eigenvalue weighted by molar-refractivity contribution is 5.90. The van der Waals surface area contributed by atoms with E-state index in [1.54, 1.807) is 0 Å². The standard InChI is InChI=1S/C12H15NO2/c1-8(14)13-10-6-4-5-9-7-12(2,3)15-11(9)10/h4-6H,7H2,1-3H3,(H,13,14). The van der Waals surface area contributed by atoms with Crippen molar-refractivity contribution in [1.82, 2.24) is 0 Å². The van der Waals surface area contributed by atoms with Gasteiger partial charge in [-0.15, -0.1) is 0 Å². The molecule has 1 heterocycles. The molecule has 3 heteroatoms. The predicted molar refractivity (Wildman–Crippen MR) is 59.2 cm³/mol. The van der Waals surface area contributed by atoms with Gasteiger partial charge in [-0.3, -0.25) is 4.79 Å². The summed E-state index contributed by atoms with van der Waals surface area (Å²) in [6, 6.07) is 5.84. The number of nitrogens with one attached hydrogen (secondary N) is 1. The van der Waals surface area contributed by atoms with Crippen LogP contribution in [0.2, 0.25) is 0 Å². The van der Waals surface area contributed by atoms with Gasteiger partial charge >= 0.3 is 0 Å². The molecule has 0 radical (unpaired) electrons. The predicted octanol–water partition coefficient (Wildman–Crippen LogP) is 2.36. The van der Waals surface area contributed by atoms with Crippen molar-refractivity contribution in [2.45, 2.75) is 32.8 Å². The van der Waals surface area contributed by atoms with Crippen LogP contribution in [0, 0.1) is 0 Å². The average Bonchev–Trinajstić information content (AvgIpc) is 2.39. The number of para-hydroxylation sites is 1. The fourth-order valence-corrected chi connectivity index (χ4v) is 1.90. The summed E-state index contributed by atoms with van der Waals surface area (Å²) in [4.78, 5) is 11.0. The van der Waals surface area contributed by atoms with E-state index in [-0.39, 0.29) is 11.5 Å². The molecule has 1 aliphatic rings. The zero-order valence-corrected chi connectivity index (χ0v) is 9.26. The molecule has 1 N–H and O–H groups in total. The minimum atomic E-state index is -0.170. The monoisotopic (exact) mass is 205 g/mol. The number of anilines is 1. The molecule has 2 rings (SSSR count). The van der Waals surface area contributed by atoms with Crippen LogP contribution in [0.1, 0.15) is 26.3 Å². The highest BCUT2D eigenvalue weighted by Gasteiger charge is 2.31. The van der Waals surface area contributed by atoms with Crippen molar-refractivity contribution in [1.29, 1.82) is 0 Å². The van der Waals surface area contributed by atoms with Crippen molar-refractivity contribution in [2.75, 3.05) is 5.32 Å². The summed E-state index contributed by atoms with van der Waals surface area (Å²) in [5.74, 6) is 0.745. The maximum absolute atomic E-state index is 11.0. The summed E-state index contributed by atoms with van der Waals surface area (Å²) < 4.78 is 5.81. The van der Waals surface area contributed by atoms with Crippen molar-refractivity contribution >= 4 is 11.6 Å². The van der Waals surface area contributed by atoms with E-state index in [9.17, 15) is 4.79 Å². The molecule has 3 nitrogen and oxygen atoms in total. The van der Waals surface area contributed by atoms with Crippen LogP contribution in [0.5, 0.6) is 5.75 Å². The molecule has 80 valence electrons. The number of carbonyl (C=O) groups excluding carboxylic acids is 1. The molecule has 0 aromatic heterocycles. The molecule has 0 bridgehead atoms. The third kappa shape index (κ3) is 1.96. The number of hydrogen-bond acceptors (Lipinski definition) is 2. The van der Waals surface area contributed by atoms with Crippen molar-refractivity contribution in [3.63, 3.8) is 0 Å². The van der Waals surface area contributed by atoms with Gasteiger partial charge in [0.05, 0.1) is 5.69 Å². The summed E-state index contributed by atoms with van der Waals surface area (Å²) >= 11 is 0. The second-order valence-corrected chi connectivity index (χ2v) is 4.51. The first-order valence-electron chi connectivity index (χ1n) is 5.06. The van der Waals surface area contributed by atoms with Crippen LogP contribution in [0.25, 0.3) is 0 Å². The van der Waals surface area contributed by atoms with Crippen molar-refractivity contribution in [2.24, 2.45) is 0 Å². The van der Waals surface area contributed by atoms with E-state index >= 15 is 0 Å². The molecule has 0 fully saturated rings. The Morgan fingerprint density at radius 2 is 2.20 bits per heavy atom. The lowest BCUT2D eigenvalue weighted by Gasteiger charge is -2.18. The van der Waals surface area contributed by atoms with Crippen LogP contribution in [-0.4, -0.2) is 11.5 Å². The number of rotatable bonds is 1. The highest BCUT2D eigenvalue weighted by Crippen LogP contribution is 2.40. The molecule has 0 aliphatic carbocycles. The third-order valence-corrected chi connectivity index (χ3v) is 2.40. The average molecular weight is 205 g/mol. The first kappa shape index (κ1) is 10.0. The van der Waals surface area contributed by atoms with Gasteiger partial charge in [-0.1, -0.05) is 12.1 Å². The van der Waals surface area contributed by atoms with E-state index in [1.165, 1.54) is 6.92 Å². The molecule has 0 spiro atoms. The van der Waals surface area contributed by atoms with Crippen LogP contribution < -0.4 is 10.1 Å². The summed E-state index contributed by atoms with van der Waals surface area (Å²) in [5, 5.41) is 2.78. The SMILES string of the molecule is CC(=O)Nc1cccc2c1OC(C)(C)C2. The van der Waals surface area contributed by atoms with Gasteiger partial charge < -0.3 is 10.1 Å². The Bertz CT molecular complexity index is 410. The molecule has 0 atom stereocenters. The molecule has 0 saturated carbocycles. The lowest BCUT2D eigenvalue weighted by atomic mass is 10.0. The van der Waals surface area contributed by atoms with Gasteiger partial charge in [-0.25, -0.2) is 0 Å². The lowest BCUT2D eigenvalue weighted by Crippen LogP contribution is -2.25. The molecule has 0 unspecified atom stereocenters. The molecular formula is C12H15NO2. The van der Waals surface area contributed by atoms with Gasteiger partial charge in [-0.05, 0) is 19.9 Å². The fourth-order valence-electron chi connectivity index (χ4n) is 1.90. The van der Waals surface area contributed by atoms with Crippen LogP contribution in [-0.2, 0) is 11.2 Å². The quantitative estimate of drug-likeness (QED) is 0.764. The molecule has 1 aromatic rings.